The summed E-state index contributed by atoms with van der Waals surface area (Å²) in [6, 6.07) is 4.04. The third-order valence-corrected chi connectivity index (χ3v) is 3.54. The number of carbonyl (C=O) groups excluding carboxylic acids is 1. The van der Waals surface area contributed by atoms with Gasteiger partial charge >= 0.3 is 6.09 Å². The van der Waals surface area contributed by atoms with E-state index in [9.17, 15) is 4.79 Å². The van der Waals surface area contributed by atoms with Gasteiger partial charge in [0.2, 0.25) is 0 Å². The maximum atomic E-state index is 11.4. The minimum atomic E-state index is -0.365. The Morgan fingerprint density at radius 1 is 1.55 bits per heavy atom. The Hall–Kier alpha value is -1.82. The van der Waals surface area contributed by atoms with E-state index in [4.69, 9.17) is 4.74 Å². The fourth-order valence-corrected chi connectivity index (χ4v) is 2.47. The Morgan fingerprint density at radius 2 is 2.40 bits per heavy atom. The van der Waals surface area contributed by atoms with E-state index < -0.39 is 0 Å². The molecule has 6 heteroatoms. The summed E-state index contributed by atoms with van der Waals surface area (Å²) >= 11 is 1.65. The van der Waals surface area contributed by atoms with Crippen molar-refractivity contribution in [2.24, 2.45) is 5.92 Å². The van der Waals surface area contributed by atoms with E-state index in [1.807, 2.05) is 31.4 Å². The van der Waals surface area contributed by atoms with Crippen molar-refractivity contribution in [2.75, 3.05) is 13.2 Å². The topological polar surface area (TPSA) is 67.0 Å². The molecule has 0 atom stereocenters. The summed E-state index contributed by atoms with van der Waals surface area (Å²) in [6.07, 6.45) is 2.02. The average Bonchev–Trinajstić information content (AvgIpc) is 3.06. The lowest BCUT2D eigenvalue weighted by molar-refractivity contribution is 0.133. The Morgan fingerprint density at radius 3 is 3.10 bits per heavy atom. The van der Waals surface area contributed by atoms with E-state index in [1.54, 1.807) is 17.7 Å². The monoisotopic (exact) mass is 293 g/mol. The number of carbonyl (C=O) groups is 1. The molecule has 2 aromatic heterocycles. The van der Waals surface area contributed by atoms with Gasteiger partial charge in [-0.25, -0.2) is 9.78 Å². The third kappa shape index (κ3) is 4.09. The maximum absolute atomic E-state index is 11.4. The maximum Gasteiger partial charge on any atom is 0.407 e. The van der Waals surface area contributed by atoms with Crippen LogP contribution in [0, 0.1) is 5.92 Å². The number of imidazole rings is 1. The van der Waals surface area contributed by atoms with Crippen LogP contribution in [0.25, 0.3) is 10.6 Å². The molecule has 108 valence electrons. The first-order chi connectivity index (χ1) is 9.66. The van der Waals surface area contributed by atoms with Crippen LogP contribution in [0.5, 0.6) is 0 Å². The molecule has 0 saturated carbocycles. The number of nitrogens with zero attached hydrogens (tertiary/aromatic N) is 1. The molecule has 0 fully saturated rings. The van der Waals surface area contributed by atoms with Gasteiger partial charge in [-0.3, -0.25) is 0 Å². The zero-order valence-corrected chi connectivity index (χ0v) is 12.5. The first-order valence-electron chi connectivity index (χ1n) is 6.63. The van der Waals surface area contributed by atoms with Gasteiger partial charge in [-0.2, -0.15) is 0 Å². The fourth-order valence-electron chi connectivity index (χ4n) is 1.72. The van der Waals surface area contributed by atoms with Gasteiger partial charge in [-0.15, -0.1) is 11.3 Å². The molecule has 0 aliphatic rings. The van der Waals surface area contributed by atoms with Crippen LogP contribution in [0.2, 0.25) is 0 Å². The summed E-state index contributed by atoms with van der Waals surface area (Å²) in [5.74, 6) is 0.346. The minimum Gasteiger partial charge on any atom is -0.449 e. The number of ether oxygens (including phenoxy) is 1. The van der Waals surface area contributed by atoms with Gasteiger partial charge in [-0.05, 0) is 17.4 Å². The van der Waals surface area contributed by atoms with Crippen LogP contribution in [0.15, 0.2) is 23.8 Å². The number of H-pyrrole nitrogens is 1. The molecule has 2 rings (SSSR count). The summed E-state index contributed by atoms with van der Waals surface area (Å²) in [6.45, 7) is 4.98. The van der Waals surface area contributed by atoms with Gasteiger partial charge in [0.05, 0.1) is 17.8 Å². The lowest BCUT2D eigenvalue weighted by Gasteiger charge is -2.08. The van der Waals surface area contributed by atoms with Crippen LogP contribution in [-0.4, -0.2) is 29.2 Å². The number of hydrogen-bond acceptors (Lipinski definition) is 4. The highest BCUT2D eigenvalue weighted by molar-refractivity contribution is 7.13. The molecule has 0 radical (unpaired) electrons. The highest BCUT2D eigenvalue weighted by Gasteiger charge is 2.10. The van der Waals surface area contributed by atoms with Crippen molar-refractivity contribution < 1.29 is 9.53 Å². The highest BCUT2D eigenvalue weighted by Crippen LogP contribution is 2.25. The standard InChI is InChI=1S/C14H19N3O2S/c1-10(2)8-19-14(18)15-6-5-11-13(17-9-16-11)12-4-3-7-20-12/h3-4,7,9-10H,5-6,8H2,1-2H3,(H,15,18)(H,16,17). The van der Waals surface area contributed by atoms with Gasteiger partial charge in [0.1, 0.15) is 5.69 Å². The second-order valence-electron chi connectivity index (χ2n) is 4.88. The van der Waals surface area contributed by atoms with E-state index in [0.29, 0.717) is 25.5 Å². The summed E-state index contributed by atoms with van der Waals surface area (Å²) in [4.78, 5) is 20.0. The van der Waals surface area contributed by atoms with E-state index in [1.165, 1.54) is 0 Å². The number of hydrogen-bond donors (Lipinski definition) is 2. The van der Waals surface area contributed by atoms with Crippen LogP contribution >= 0.6 is 11.3 Å². The number of amides is 1. The molecular formula is C14H19N3O2S. The SMILES string of the molecule is CC(C)COC(=O)NCCc1[nH]cnc1-c1cccs1. The van der Waals surface area contributed by atoms with Crippen molar-refractivity contribution in [3.05, 3.63) is 29.5 Å². The van der Waals surface area contributed by atoms with Crippen molar-refractivity contribution >= 4 is 17.4 Å². The Balaban J connectivity index is 1.81. The first kappa shape index (κ1) is 14.6. The summed E-state index contributed by atoms with van der Waals surface area (Å²) in [7, 11) is 0. The predicted molar refractivity (Wildman–Crippen MR) is 79.8 cm³/mol. The van der Waals surface area contributed by atoms with E-state index in [2.05, 4.69) is 15.3 Å². The lowest BCUT2D eigenvalue weighted by Crippen LogP contribution is -2.27. The molecule has 2 N–H and O–H groups in total. The van der Waals surface area contributed by atoms with Gasteiger partial charge < -0.3 is 15.0 Å². The largest absolute Gasteiger partial charge is 0.449 e. The molecule has 2 aromatic rings. The molecule has 0 aliphatic heterocycles. The molecule has 5 nitrogen and oxygen atoms in total. The molecule has 1 amide bonds. The first-order valence-corrected chi connectivity index (χ1v) is 7.51. The van der Waals surface area contributed by atoms with Crippen LogP contribution in [0.4, 0.5) is 4.79 Å². The summed E-state index contributed by atoms with van der Waals surface area (Å²) in [5, 5.41) is 4.77. The normalized spacial score (nSPS) is 10.8. The lowest BCUT2D eigenvalue weighted by atomic mass is 10.2. The third-order valence-electron chi connectivity index (χ3n) is 2.66. The number of thiophene rings is 1. The Bertz CT molecular complexity index is 534. The fraction of sp³-hybridized carbons (Fsp3) is 0.429. The predicted octanol–water partition coefficient (Wildman–Crippen LogP) is 3.06. The number of alkyl carbamates (subject to hydrolysis) is 1. The van der Waals surface area contributed by atoms with Crippen molar-refractivity contribution in [1.29, 1.82) is 0 Å². The van der Waals surface area contributed by atoms with E-state index in [-0.39, 0.29) is 6.09 Å². The zero-order chi connectivity index (χ0) is 14.4. The molecule has 0 unspecified atom stereocenters. The smallest absolute Gasteiger partial charge is 0.407 e. The number of aromatic amines is 1. The molecular weight excluding hydrogens is 274 g/mol. The average molecular weight is 293 g/mol. The van der Waals surface area contributed by atoms with E-state index in [0.717, 1.165) is 16.3 Å². The second-order valence-corrected chi connectivity index (χ2v) is 5.82. The van der Waals surface area contributed by atoms with E-state index >= 15 is 0 Å². The van der Waals surface area contributed by atoms with Gasteiger partial charge in [0, 0.05) is 18.7 Å². The quantitative estimate of drug-likeness (QED) is 0.860. The molecule has 0 saturated heterocycles. The van der Waals surface area contributed by atoms with Crippen molar-refractivity contribution in [3.63, 3.8) is 0 Å². The van der Waals surface area contributed by atoms with Crippen LogP contribution in [-0.2, 0) is 11.2 Å². The molecule has 0 bridgehead atoms. The summed E-state index contributed by atoms with van der Waals surface area (Å²) in [5.41, 5.74) is 1.98. The summed E-state index contributed by atoms with van der Waals surface area (Å²) < 4.78 is 5.05. The van der Waals surface area contributed by atoms with Gasteiger partial charge in [-0.1, -0.05) is 19.9 Å². The number of rotatable bonds is 6. The van der Waals surface area contributed by atoms with Crippen LogP contribution < -0.4 is 5.32 Å². The zero-order valence-electron chi connectivity index (χ0n) is 11.7. The number of aromatic nitrogens is 2. The Labute approximate surface area is 122 Å². The molecule has 20 heavy (non-hydrogen) atoms. The van der Waals surface area contributed by atoms with Gasteiger partial charge in [0.25, 0.3) is 0 Å². The van der Waals surface area contributed by atoms with Crippen LogP contribution in [0.1, 0.15) is 19.5 Å². The Kier molecular flexibility index (Phi) is 5.17. The highest BCUT2D eigenvalue weighted by atomic mass is 32.1. The van der Waals surface area contributed by atoms with Crippen molar-refractivity contribution in [2.45, 2.75) is 20.3 Å². The van der Waals surface area contributed by atoms with Crippen molar-refractivity contribution in [3.8, 4) is 10.6 Å². The van der Waals surface area contributed by atoms with Crippen LogP contribution in [0.3, 0.4) is 0 Å². The molecule has 0 aromatic carbocycles. The minimum absolute atomic E-state index is 0.346. The van der Waals surface area contributed by atoms with Gasteiger partial charge in [0.15, 0.2) is 0 Å². The molecule has 0 spiro atoms. The molecule has 0 aliphatic carbocycles. The second kappa shape index (κ2) is 7.09. The number of nitrogens with one attached hydrogen (secondary N) is 2. The molecule has 2 heterocycles. The van der Waals surface area contributed by atoms with Crippen molar-refractivity contribution in [1.82, 2.24) is 15.3 Å².